The van der Waals surface area contributed by atoms with E-state index < -0.39 is 0 Å². The molecule has 4 heterocycles. The molecule has 28 heavy (non-hydrogen) atoms. The van der Waals surface area contributed by atoms with Gasteiger partial charge in [0.2, 0.25) is 0 Å². The van der Waals surface area contributed by atoms with Gasteiger partial charge in [-0.1, -0.05) is 24.3 Å². The highest BCUT2D eigenvalue weighted by molar-refractivity contribution is 8.93. The number of hydrogen-bond acceptors (Lipinski definition) is 4. The lowest BCUT2D eigenvalue weighted by atomic mass is 10.5. The van der Waals surface area contributed by atoms with Gasteiger partial charge in [0.05, 0.1) is 0 Å². The monoisotopic (exact) mass is 636 g/mol. The fourth-order valence-electron chi connectivity index (χ4n) is 1.25. The van der Waals surface area contributed by atoms with Gasteiger partial charge in [0, 0.05) is 49.6 Å². The molecule has 0 aromatic carbocycles. The Hall–Kier alpha value is -1.48. The average molecular weight is 640 g/mol. The van der Waals surface area contributed by atoms with Crippen molar-refractivity contribution in [2.75, 3.05) is 0 Å². The summed E-state index contributed by atoms with van der Waals surface area (Å²) in [6.45, 7) is 0. The van der Waals surface area contributed by atoms with Crippen molar-refractivity contribution in [3.63, 3.8) is 0 Å². The number of rotatable bonds is 0. The number of pyridine rings is 4. The number of hydrogen-bond donors (Lipinski definition) is 0. The Morgan fingerprint density at radius 3 is 0.393 bits per heavy atom. The van der Waals surface area contributed by atoms with Crippen LogP contribution in [0.5, 0.6) is 0 Å². The van der Waals surface area contributed by atoms with Gasteiger partial charge in [-0.15, -0.1) is 67.9 Å². The normalized spacial score (nSPS) is 6.86. The number of nitrogens with zero attached hydrogens (tertiary/aromatic N) is 4. The third kappa shape index (κ3) is 26.7. The van der Waals surface area contributed by atoms with Gasteiger partial charge in [-0.25, -0.2) is 0 Å². The van der Waals surface area contributed by atoms with Crippen LogP contribution in [0.25, 0.3) is 0 Å². The molecule has 152 valence electrons. The molecule has 0 saturated heterocycles. The summed E-state index contributed by atoms with van der Waals surface area (Å²) in [5.41, 5.74) is 0. The fraction of sp³-hybridized carbons (Fsp3) is 0. The van der Waals surface area contributed by atoms with E-state index in [2.05, 4.69) is 19.9 Å². The molecule has 0 aliphatic heterocycles. The Morgan fingerprint density at radius 1 is 0.214 bits per heavy atom. The van der Waals surface area contributed by atoms with Crippen molar-refractivity contribution in [3.8, 4) is 0 Å². The molecule has 0 saturated carbocycles. The Morgan fingerprint density at radius 2 is 0.357 bits per heavy atom. The van der Waals surface area contributed by atoms with Crippen LogP contribution in [0.1, 0.15) is 0 Å². The molecule has 0 amide bonds. The zero-order chi connectivity index (χ0) is 17.0. The summed E-state index contributed by atoms with van der Waals surface area (Å²) in [6.07, 6.45) is 14.0. The molecule has 4 aromatic rings. The van der Waals surface area contributed by atoms with E-state index in [1.165, 1.54) is 0 Å². The molecule has 0 aliphatic carbocycles. The van der Waals surface area contributed by atoms with E-state index in [9.17, 15) is 0 Å². The van der Waals surface area contributed by atoms with E-state index in [0.717, 1.165) is 0 Å². The van der Waals surface area contributed by atoms with E-state index >= 15 is 0 Å². The molecule has 0 spiro atoms. The van der Waals surface area contributed by atoms with Crippen LogP contribution in [0.15, 0.2) is 122 Å². The molecule has 0 atom stereocenters. The summed E-state index contributed by atoms with van der Waals surface area (Å²) in [5.74, 6) is 0. The van der Waals surface area contributed by atoms with Crippen LogP contribution in [0.3, 0.4) is 0 Å². The van der Waals surface area contributed by atoms with Crippen LogP contribution in [-0.4, -0.2) is 19.9 Å². The van der Waals surface area contributed by atoms with E-state index in [0.29, 0.717) is 0 Å². The number of aromatic nitrogens is 4. The first-order valence-electron chi connectivity index (χ1n) is 7.40. The van der Waals surface area contributed by atoms with Crippen molar-refractivity contribution >= 4 is 67.9 Å². The van der Waals surface area contributed by atoms with Gasteiger partial charge in [-0.05, 0) is 48.5 Å². The second kappa shape index (κ2) is 30.3. The second-order valence-electron chi connectivity index (χ2n) is 4.10. The topological polar surface area (TPSA) is 51.6 Å². The summed E-state index contributed by atoms with van der Waals surface area (Å²) in [7, 11) is 0. The van der Waals surface area contributed by atoms with Crippen molar-refractivity contribution in [3.05, 3.63) is 122 Å². The number of halogens is 4. The maximum absolute atomic E-state index is 3.78. The van der Waals surface area contributed by atoms with E-state index in [4.69, 9.17) is 0 Å². The Kier molecular flexibility index (Phi) is 36.8. The fourth-order valence-corrected chi connectivity index (χ4v) is 1.25. The third-order valence-electron chi connectivity index (χ3n) is 2.27. The van der Waals surface area contributed by atoms with Crippen LogP contribution >= 0.6 is 67.9 Å². The van der Waals surface area contributed by atoms with Crippen LogP contribution in [0, 0.1) is 0 Å². The molecule has 0 N–H and O–H groups in total. The minimum atomic E-state index is 0. The first kappa shape index (κ1) is 34.1. The molecule has 4 aromatic heterocycles. The smallest absolute Gasteiger partial charge is 0.0267 e. The van der Waals surface area contributed by atoms with Crippen LogP contribution < -0.4 is 0 Å². The summed E-state index contributed by atoms with van der Waals surface area (Å²) in [5, 5.41) is 0. The third-order valence-corrected chi connectivity index (χ3v) is 2.27. The zero-order valence-electron chi connectivity index (χ0n) is 15.0. The Labute approximate surface area is 209 Å². The van der Waals surface area contributed by atoms with Crippen LogP contribution in [0.2, 0.25) is 0 Å². The van der Waals surface area contributed by atoms with Gasteiger partial charge in [0.15, 0.2) is 0 Å². The average Bonchev–Trinajstić information content (AvgIpc) is 2.75. The standard InChI is InChI=1S/4C5H5N.4BrH/c4*1-2-4-6-5-3-1;;;;/h4*1-5H;4*1H. The molecule has 0 aliphatic rings. The minimum Gasteiger partial charge on any atom is -0.265 e. The molecule has 0 radical (unpaired) electrons. The van der Waals surface area contributed by atoms with E-state index in [1.54, 1.807) is 49.6 Å². The first-order valence-corrected chi connectivity index (χ1v) is 7.40. The zero-order valence-corrected chi connectivity index (χ0v) is 21.8. The highest BCUT2D eigenvalue weighted by Gasteiger charge is 1.60. The summed E-state index contributed by atoms with van der Waals surface area (Å²) in [4.78, 5) is 15.1. The quantitative estimate of drug-likeness (QED) is 0.217. The van der Waals surface area contributed by atoms with Crippen molar-refractivity contribution in [2.24, 2.45) is 0 Å². The summed E-state index contributed by atoms with van der Waals surface area (Å²) >= 11 is 0. The molecule has 4 rings (SSSR count). The lowest BCUT2D eigenvalue weighted by Crippen LogP contribution is -1.58. The van der Waals surface area contributed by atoms with E-state index in [1.807, 2.05) is 72.8 Å². The maximum Gasteiger partial charge on any atom is 0.0267 e. The van der Waals surface area contributed by atoms with Crippen LogP contribution in [0.4, 0.5) is 0 Å². The molecule has 4 nitrogen and oxygen atoms in total. The van der Waals surface area contributed by atoms with E-state index in [-0.39, 0.29) is 67.9 Å². The Bertz CT molecular complexity index is 446. The summed E-state index contributed by atoms with van der Waals surface area (Å²) in [6, 6.07) is 22.9. The molecular weight excluding hydrogens is 616 g/mol. The highest BCUT2D eigenvalue weighted by Crippen LogP contribution is 1.75. The van der Waals surface area contributed by atoms with Gasteiger partial charge in [-0.2, -0.15) is 0 Å². The van der Waals surface area contributed by atoms with Crippen LogP contribution in [-0.2, 0) is 0 Å². The lowest BCUT2D eigenvalue weighted by Gasteiger charge is -1.70. The predicted octanol–water partition coefficient (Wildman–Crippen LogP) is 6.64. The van der Waals surface area contributed by atoms with Crippen molar-refractivity contribution in [1.82, 2.24) is 19.9 Å². The van der Waals surface area contributed by atoms with Gasteiger partial charge < -0.3 is 0 Å². The lowest BCUT2D eigenvalue weighted by molar-refractivity contribution is 1.33. The van der Waals surface area contributed by atoms with Gasteiger partial charge in [0.1, 0.15) is 0 Å². The van der Waals surface area contributed by atoms with Crippen molar-refractivity contribution < 1.29 is 0 Å². The summed E-state index contributed by atoms with van der Waals surface area (Å²) < 4.78 is 0. The maximum atomic E-state index is 3.78. The molecule has 0 unspecified atom stereocenters. The molecule has 0 fully saturated rings. The second-order valence-corrected chi connectivity index (χ2v) is 4.10. The Balaban J connectivity index is -0.000000131. The van der Waals surface area contributed by atoms with Crippen molar-refractivity contribution in [2.45, 2.75) is 0 Å². The van der Waals surface area contributed by atoms with Crippen molar-refractivity contribution in [1.29, 1.82) is 0 Å². The molecular formula is C20H24Br4N4. The largest absolute Gasteiger partial charge is 0.265 e. The first-order chi connectivity index (χ1) is 12.0. The molecule has 0 bridgehead atoms. The molecule has 8 heteroatoms. The minimum absolute atomic E-state index is 0. The van der Waals surface area contributed by atoms with Gasteiger partial charge in [0.25, 0.3) is 0 Å². The highest BCUT2D eigenvalue weighted by atomic mass is 79.9. The predicted molar refractivity (Wildman–Crippen MR) is 138 cm³/mol. The van der Waals surface area contributed by atoms with Gasteiger partial charge >= 0.3 is 0 Å². The van der Waals surface area contributed by atoms with Gasteiger partial charge in [-0.3, -0.25) is 19.9 Å². The SMILES string of the molecule is Br.Br.Br.Br.c1ccncc1.c1ccncc1.c1ccncc1.c1ccncc1.